The van der Waals surface area contributed by atoms with E-state index in [1.807, 2.05) is 30.3 Å². The van der Waals surface area contributed by atoms with Crippen LogP contribution in [0.3, 0.4) is 0 Å². The molecular formula is C26H21NS. The number of rotatable bonds is 5. The average Bonchev–Trinajstić information content (AvgIpc) is 2.76. The minimum Gasteiger partial charge on any atom is -0.398 e. The standard InChI is InChI=1S/C26H21NS/c1-19(28-26-13-6-5-12-25(26)27)23-10-7-11-24(18-23)22-16-14-21(15-17-22)20-8-3-2-4-9-20/h2-18H,1,27H2. The monoisotopic (exact) mass is 379 g/mol. The van der Waals surface area contributed by atoms with Gasteiger partial charge < -0.3 is 5.73 Å². The molecule has 0 radical (unpaired) electrons. The Bertz CT molecular complexity index is 1100. The first-order valence-electron chi connectivity index (χ1n) is 9.18. The van der Waals surface area contributed by atoms with Gasteiger partial charge in [-0.15, -0.1) is 0 Å². The van der Waals surface area contributed by atoms with Crippen LogP contribution in [-0.4, -0.2) is 0 Å². The molecule has 0 aliphatic rings. The van der Waals surface area contributed by atoms with Gasteiger partial charge in [0.05, 0.1) is 0 Å². The molecule has 2 heteroatoms. The number of hydrogen-bond acceptors (Lipinski definition) is 2. The van der Waals surface area contributed by atoms with E-state index in [9.17, 15) is 0 Å². The number of hydrogen-bond donors (Lipinski definition) is 1. The molecule has 2 N–H and O–H groups in total. The normalized spacial score (nSPS) is 10.6. The second kappa shape index (κ2) is 8.20. The summed E-state index contributed by atoms with van der Waals surface area (Å²) < 4.78 is 0. The smallest absolute Gasteiger partial charge is 0.0455 e. The number of nitrogens with two attached hydrogens (primary N) is 1. The SMILES string of the molecule is C=C(Sc1ccccc1N)c1cccc(-c2ccc(-c3ccccc3)cc2)c1. The first kappa shape index (κ1) is 18.1. The van der Waals surface area contributed by atoms with Crippen molar-refractivity contribution in [2.75, 3.05) is 5.73 Å². The molecule has 0 aliphatic heterocycles. The van der Waals surface area contributed by atoms with E-state index in [2.05, 4.69) is 79.4 Å². The number of benzene rings is 4. The molecule has 0 saturated carbocycles. The van der Waals surface area contributed by atoms with Gasteiger partial charge in [-0.1, -0.05) is 103 Å². The Kier molecular flexibility index (Phi) is 5.31. The zero-order valence-electron chi connectivity index (χ0n) is 15.5. The van der Waals surface area contributed by atoms with Gasteiger partial charge in [0.1, 0.15) is 0 Å². The molecule has 0 saturated heterocycles. The second-order valence-electron chi connectivity index (χ2n) is 6.59. The molecule has 0 unspecified atom stereocenters. The summed E-state index contributed by atoms with van der Waals surface area (Å²) in [4.78, 5) is 2.02. The lowest BCUT2D eigenvalue weighted by Crippen LogP contribution is -1.88. The highest BCUT2D eigenvalue weighted by atomic mass is 32.2. The maximum Gasteiger partial charge on any atom is 0.0455 e. The molecule has 0 fully saturated rings. The molecule has 0 atom stereocenters. The molecule has 0 bridgehead atoms. The van der Waals surface area contributed by atoms with Crippen molar-refractivity contribution < 1.29 is 0 Å². The fourth-order valence-corrected chi connectivity index (χ4v) is 3.97. The second-order valence-corrected chi connectivity index (χ2v) is 7.72. The van der Waals surface area contributed by atoms with Gasteiger partial charge in [-0.3, -0.25) is 0 Å². The molecule has 1 nitrogen and oxygen atoms in total. The number of para-hydroxylation sites is 1. The molecule has 4 aromatic carbocycles. The van der Waals surface area contributed by atoms with Crippen LogP contribution in [0.2, 0.25) is 0 Å². The molecule has 4 rings (SSSR count). The summed E-state index contributed by atoms with van der Waals surface area (Å²) in [5.41, 5.74) is 12.8. The Balaban J connectivity index is 1.57. The van der Waals surface area contributed by atoms with E-state index in [-0.39, 0.29) is 0 Å². The van der Waals surface area contributed by atoms with Gasteiger partial charge in [-0.2, -0.15) is 0 Å². The molecule has 0 aromatic heterocycles. The molecule has 0 amide bonds. The van der Waals surface area contributed by atoms with Crippen molar-refractivity contribution in [3.05, 3.63) is 115 Å². The summed E-state index contributed by atoms with van der Waals surface area (Å²) in [6.07, 6.45) is 0. The fraction of sp³-hybridized carbons (Fsp3) is 0. The Morgan fingerprint density at radius 2 is 1.18 bits per heavy atom. The lowest BCUT2D eigenvalue weighted by Gasteiger charge is -2.10. The van der Waals surface area contributed by atoms with Gasteiger partial charge in [0, 0.05) is 15.5 Å². The highest BCUT2D eigenvalue weighted by Gasteiger charge is 2.07. The summed E-state index contributed by atoms with van der Waals surface area (Å²) in [6, 6.07) is 35.5. The van der Waals surface area contributed by atoms with Crippen LogP contribution in [0.25, 0.3) is 27.2 Å². The highest BCUT2D eigenvalue weighted by molar-refractivity contribution is 8.08. The van der Waals surface area contributed by atoms with E-state index in [1.54, 1.807) is 11.8 Å². The quantitative estimate of drug-likeness (QED) is 0.289. The van der Waals surface area contributed by atoms with Gasteiger partial charge in [0.15, 0.2) is 0 Å². The van der Waals surface area contributed by atoms with Crippen LogP contribution in [0, 0.1) is 0 Å². The van der Waals surface area contributed by atoms with Gasteiger partial charge in [-0.25, -0.2) is 0 Å². The third-order valence-corrected chi connectivity index (χ3v) is 5.74. The van der Waals surface area contributed by atoms with Gasteiger partial charge in [0.25, 0.3) is 0 Å². The summed E-state index contributed by atoms with van der Waals surface area (Å²) in [5, 5.41) is 0. The zero-order chi connectivity index (χ0) is 19.3. The molecule has 136 valence electrons. The Morgan fingerprint density at radius 3 is 1.89 bits per heavy atom. The van der Waals surface area contributed by atoms with Crippen molar-refractivity contribution in [1.29, 1.82) is 0 Å². The van der Waals surface area contributed by atoms with Gasteiger partial charge >= 0.3 is 0 Å². The molecular weight excluding hydrogens is 358 g/mol. The first-order valence-corrected chi connectivity index (χ1v) is 10.00. The van der Waals surface area contributed by atoms with Crippen LogP contribution < -0.4 is 5.73 Å². The third-order valence-electron chi connectivity index (χ3n) is 4.66. The maximum atomic E-state index is 6.07. The number of anilines is 1. The molecule has 4 aromatic rings. The fourth-order valence-electron chi connectivity index (χ4n) is 3.12. The summed E-state index contributed by atoms with van der Waals surface area (Å²) in [5.74, 6) is 0. The number of nitrogen functional groups attached to an aromatic ring is 1. The predicted molar refractivity (Wildman–Crippen MR) is 123 cm³/mol. The van der Waals surface area contributed by atoms with E-state index in [4.69, 9.17) is 5.73 Å². The zero-order valence-corrected chi connectivity index (χ0v) is 16.3. The number of thioether (sulfide) groups is 1. The Labute approximate surface area is 170 Å². The largest absolute Gasteiger partial charge is 0.398 e. The molecule has 0 spiro atoms. The minimum absolute atomic E-state index is 0.779. The van der Waals surface area contributed by atoms with Crippen LogP contribution in [-0.2, 0) is 0 Å². The first-order chi connectivity index (χ1) is 13.7. The van der Waals surface area contributed by atoms with Crippen LogP contribution in [0.4, 0.5) is 5.69 Å². The van der Waals surface area contributed by atoms with E-state index < -0.39 is 0 Å². The van der Waals surface area contributed by atoms with E-state index in [1.165, 1.54) is 22.3 Å². The Hall–Kier alpha value is -3.23. The van der Waals surface area contributed by atoms with Crippen molar-refractivity contribution >= 4 is 22.4 Å². The van der Waals surface area contributed by atoms with Crippen molar-refractivity contribution in [1.82, 2.24) is 0 Å². The highest BCUT2D eigenvalue weighted by Crippen LogP contribution is 2.37. The van der Waals surface area contributed by atoms with Crippen LogP contribution in [0.1, 0.15) is 5.56 Å². The van der Waals surface area contributed by atoms with E-state index in [0.717, 1.165) is 21.1 Å². The predicted octanol–water partition coefficient (Wildman–Crippen LogP) is 7.37. The van der Waals surface area contributed by atoms with Gasteiger partial charge in [-0.05, 0) is 46.0 Å². The van der Waals surface area contributed by atoms with Crippen LogP contribution in [0.5, 0.6) is 0 Å². The molecule has 0 aliphatic carbocycles. The molecule has 0 heterocycles. The topological polar surface area (TPSA) is 26.0 Å². The van der Waals surface area contributed by atoms with Gasteiger partial charge in [0.2, 0.25) is 0 Å². The summed E-state index contributed by atoms with van der Waals surface area (Å²) >= 11 is 1.61. The van der Waals surface area contributed by atoms with Crippen molar-refractivity contribution in [3.63, 3.8) is 0 Å². The third kappa shape index (κ3) is 4.03. The van der Waals surface area contributed by atoms with Crippen molar-refractivity contribution in [2.45, 2.75) is 4.90 Å². The van der Waals surface area contributed by atoms with E-state index in [0.29, 0.717) is 0 Å². The lowest BCUT2D eigenvalue weighted by molar-refractivity contribution is 1.47. The maximum absolute atomic E-state index is 6.07. The Morgan fingerprint density at radius 1 is 0.607 bits per heavy atom. The molecule has 28 heavy (non-hydrogen) atoms. The lowest BCUT2D eigenvalue weighted by atomic mass is 9.99. The van der Waals surface area contributed by atoms with E-state index >= 15 is 0 Å². The van der Waals surface area contributed by atoms with Crippen LogP contribution in [0.15, 0.2) is 115 Å². The van der Waals surface area contributed by atoms with Crippen LogP contribution >= 0.6 is 11.8 Å². The summed E-state index contributed by atoms with van der Waals surface area (Å²) in [6.45, 7) is 4.26. The average molecular weight is 380 g/mol. The summed E-state index contributed by atoms with van der Waals surface area (Å²) in [7, 11) is 0. The van der Waals surface area contributed by atoms with Crippen molar-refractivity contribution in [3.8, 4) is 22.3 Å². The minimum atomic E-state index is 0.779. The van der Waals surface area contributed by atoms with Crippen molar-refractivity contribution in [2.24, 2.45) is 0 Å².